The highest BCUT2D eigenvalue weighted by Gasteiger charge is 2.24. The molecule has 2 fully saturated rings. The standard InChI is InChI=1S/C27H34Cl2N6OS/c1-2-30-25(36)23-16-21-24(31-17-19-5-6-20(28)15-22(19)29)32-27(33-26(21)37-23)35-13-8-18(9-14-35)7-12-34-10-3-4-11-34/h5-6,15-16,18H,2-4,7-14,17H2,1H3,(H,30,36)(H,31,32,33). The number of likely N-dealkylation sites (tertiary alicyclic amines) is 1. The van der Waals surface area contributed by atoms with E-state index in [2.05, 4.69) is 20.4 Å². The highest BCUT2D eigenvalue weighted by molar-refractivity contribution is 7.20. The molecule has 0 unspecified atom stereocenters. The summed E-state index contributed by atoms with van der Waals surface area (Å²) in [5.41, 5.74) is 0.928. The number of amides is 1. The Labute approximate surface area is 232 Å². The average Bonchev–Trinajstić information content (AvgIpc) is 3.57. The summed E-state index contributed by atoms with van der Waals surface area (Å²) < 4.78 is 0. The van der Waals surface area contributed by atoms with E-state index in [1.54, 1.807) is 6.07 Å². The van der Waals surface area contributed by atoms with Crippen molar-refractivity contribution in [2.24, 2.45) is 5.92 Å². The molecule has 0 saturated carbocycles. The van der Waals surface area contributed by atoms with Gasteiger partial charge in [0.2, 0.25) is 5.95 Å². The molecule has 2 aliphatic heterocycles. The first-order valence-corrected chi connectivity index (χ1v) is 14.8. The molecule has 0 bridgehead atoms. The third-order valence-corrected chi connectivity index (χ3v) is 8.97. The Hall–Kier alpha value is -2.13. The van der Waals surface area contributed by atoms with Gasteiger partial charge in [-0.2, -0.15) is 4.98 Å². The van der Waals surface area contributed by atoms with Crippen LogP contribution in [0.5, 0.6) is 0 Å². The number of anilines is 2. The summed E-state index contributed by atoms with van der Waals surface area (Å²) in [5, 5.41) is 8.40. The zero-order valence-electron chi connectivity index (χ0n) is 21.2. The topological polar surface area (TPSA) is 73.4 Å². The number of carbonyl (C=O) groups excluding carboxylic acids is 1. The number of fused-ring (bicyclic) bond motifs is 1. The minimum absolute atomic E-state index is 0.0856. The lowest BCUT2D eigenvalue weighted by molar-refractivity contribution is 0.0960. The quantitative estimate of drug-likeness (QED) is 0.331. The molecule has 0 spiro atoms. The molecular formula is C27H34Cl2N6OS. The van der Waals surface area contributed by atoms with Crippen LogP contribution in [-0.2, 0) is 6.54 Å². The fourth-order valence-corrected chi connectivity index (χ4v) is 6.60. The Morgan fingerprint density at radius 3 is 2.62 bits per heavy atom. The smallest absolute Gasteiger partial charge is 0.261 e. The largest absolute Gasteiger partial charge is 0.365 e. The van der Waals surface area contributed by atoms with Gasteiger partial charge in [0.1, 0.15) is 10.6 Å². The third-order valence-electron chi connectivity index (χ3n) is 7.35. The number of benzene rings is 1. The first kappa shape index (κ1) is 26.5. The van der Waals surface area contributed by atoms with Crippen LogP contribution >= 0.6 is 34.5 Å². The Balaban J connectivity index is 1.33. The van der Waals surface area contributed by atoms with Crippen LogP contribution in [0.25, 0.3) is 10.2 Å². The van der Waals surface area contributed by atoms with Crippen LogP contribution < -0.4 is 15.5 Å². The molecule has 2 saturated heterocycles. The van der Waals surface area contributed by atoms with E-state index in [0.29, 0.717) is 33.8 Å². The Kier molecular flexibility index (Phi) is 8.70. The van der Waals surface area contributed by atoms with Gasteiger partial charge in [-0.1, -0.05) is 29.3 Å². The minimum atomic E-state index is -0.0856. The van der Waals surface area contributed by atoms with E-state index in [9.17, 15) is 4.79 Å². The Morgan fingerprint density at radius 1 is 1.11 bits per heavy atom. The summed E-state index contributed by atoms with van der Waals surface area (Å²) in [7, 11) is 0. The molecule has 37 heavy (non-hydrogen) atoms. The molecule has 2 aliphatic rings. The fourth-order valence-electron chi connectivity index (χ4n) is 5.18. The minimum Gasteiger partial charge on any atom is -0.365 e. The summed E-state index contributed by atoms with van der Waals surface area (Å²) in [6.07, 6.45) is 6.30. The van der Waals surface area contributed by atoms with Gasteiger partial charge in [0.05, 0.1) is 10.3 Å². The first-order chi connectivity index (χ1) is 18.0. The molecule has 0 atom stereocenters. The molecular weight excluding hydrogens is 527 g/mol. The second-order valence-electron chi connectivity index (χ2n) is 9.92. The number of halogens is 2. The number of thiophene rings is 1. The number of nitrogens with one attached hydrogen (secondary N) is 2. The Morgan fingerprint density at radius 2 is 1.89 bits per heavy atom. The molecule has 1 aromatic carbocycles. The van der Waals surface area contributed by atoms with Gasteiger partial charge in [0, 0.05) is 36.2 Å². The van der Waals surface area contributed by atoms with Gasteiger partial charge in [-0.05, 0) is 88.3 Å². The maximum absolute atomic E-state index is 12.5. The van der Waals surface area contributed by atoms with Gasteiger partial charge in [-0.3, -0.25) is 4.79 Å². The van der Waals surface area contributed by atoms with Crippen LogP contribution in [0.2, 0.25) is 10.0 Å². The van der Waals surface area contributed by atoms with E-state index in [1.807, 2.05) is 25.1 Å². The second-order valence-corrected chi connectivity index (χ2v) is 11.8. The average molecular weight is 562 g/mol. The number of rotatable bonds is 9. The molecule has 3 aromatic rings. The van der Waals surface area contributed by atoms with Gasteiger partial charge < -0.3 is 20.4 Å². The van der Waals surface area contributed by atoms with E-state index in [4.69, 9.17) is 33.2 Å². The molecule has 7 nitrogen and oxygen atoms in total. The molecule has 2 N–H and O–H groups in total. The molecule has 0 radical (unpaired) electrons. The van der Waals surface area contributed by atoms with Crippen molar-refractivity contribution in [1.82, 2.24) is 20.2 Å². The molecule has 10 heteroatoms. The van der Waals surface area contributed by atoms with Crippen LogP contribution in [0, 0.1) is 5.92 Å². The SMILES string of the molecule is CCNC(=O)c1cc2c(NCc3ccc(Cl)cc3Cl)nc(N3CCC(CCN4CCCC4)CC3)nc2s1. The van der Waals surface area contributed by atoms with Crippen LogP contribution in [0.1, 0.15) is 54.3 Å². The maximum Gasteiger partial charge on any atom is 0.261 e. The van der Waals surface area contributed by atoms with E-state index in [-0.39, 0.29) is 5.91 Å². The second kappa shape index (κ2) is 12.2. The van der Waals surface area contributed by atoms with Crippen molar-refractivity contribution >= 4 is 62.4 Å². The lowest BCUT2D eigenvalue weighted by atomic mass is 9.93. The van der Waals surface area contributed by atoms with Crippen molar-refractivity contribution < 1.29 is 4.79 Å². The molecule has 1 amide bonds. The van der Waals surface area contributed by atoms with Crippen molar-refractivity contribution in [3.05, 3.63) is 44.8 Å². The van der Waals surface area contributed by atoms with Crippen LogP contribution in [0.15, 0.2) is 24.3 Å². The highest BCUT2D eigenvalue weighted by Crippen LogP contribution is 2.33. The number of piperidine rings is 1. The summed E-state index contributed by atoms with van der Waals surface area (Å²) in [5.74, 6) is 2.11. The lowest BCUT2D eigenvalue weighted by Crippen LogP contribution is -2.36. The summed E-state index contributed by atoms with van der Waals surface area (Å²) in [4.78, 5) is 28.7. The molecule has 198 valence electrons. The Bertz CT molecular complexity index is 1240. The summed E-state index contributed by atoms with van der Waals surface area (Å²) in [6.45, 7) is 8.66. The zero-order valence-corrected chi connectivity index (χ0v) is 23.6. The van der Waals surface area contributed by atoms with Crippen LogP contribution in [0.4, 0.5) is 11.8 Å². The van der Waals surface area contributed by atoms with Gasteiger partial charge in [0.25, 0.3) is 5.91 Å². The molecule has 4 heterocycles. The van der Waals surface area contributed by atoms with Gasteiger partial charge >= 0.3 is 0 Å². The highest BCUT2D eigenvalue weighted by atomic mass is 35.5. The van der Waals surface area contributed by atoms with Crippen molar-refractivity contribution in [1.29, 1.82) is 0 Å². The first-order valence-electron chi connectivity index (χ1n) is 13.2. The van der Waals surface area contributed by atoms with Crippen molar-refractivity contribution in [3.8, 4) is 0 Å². The lowest BCUT2D eigenvalue weighted by Gasteiger charge is -2.33. The van der Waals surface area contributed by atoms with E-state index in [0.717, 1.165) is 53.6 Å². The number of carbonyl (C=O) groups is 1. The van der Waals surface area contributed by atoms with Gasteiger partial charge in [-0.15, -0.1) is 11.3 Å². The maximum atomic E-state index is 12.5. The summed E-state index contributed by atoms with van der Waals surface area (Å²) in [6, 6.07) is 7.37. The predicted octanol–water partition coefficient (Wildman–Crippen LogP) is 6.06. The fraction of sp³-hybridized carbons (Fsp3) is 0.519. The number of hydrogen-bond donors (Lipinski definition) is 2. The van der Waals surface area contributed by atoms with Gasteiger partial charge in [0.15, 0.2) is 0 Å². The number of aromatic nitrogens is 2. The van der Waals surface area contributed by atoms with Crippen molar-refractivity contribution in [2.45, 2.75) is 45.6 Å². The van der Waals surface area contributed by atoms with E-state index >= 15 is 0 Å². The van der Waals surface area contributed by atoms with Crippen molar-refractivity contribution in [3.63, 3.8) is 0 Å². The summed E-state index contributed by atoms with van der Waals surface area (Å²) >= 11 is 13.9. The van der Waals surface area contributed by atoms with Crippen LogP contribution in [-0.4, -0.2) is 60.0 Å². The zero-order chi connectivity index (χ0) is 25.8. The predicted molar refractivity (Wildman–Crippen MR) is 154 cm³/mol. The van der Waals surface area contributed by atoms with E-state index < -0.39 is 0 Å². The normalized spacial score (nSPS) is 17.0. The monoisotopic (exact) mass is 560 g/mol. The molecule has 5 rings (SSSR count). The third kappa shape index (κ3) is 6.48. The van der Waals surface area contributed by atoms with E-state index in [1.165, 1.54) is 50.2 Å². The van der Waals surface area contributed by atoms with Gasteiger partial charge in [-0.25, -0.2) is 4.98 Å². The van der Waals surface area contributed by atoms with Crippen LogP contribution in [0.3, 0.4) is 0 Å². The van der Waals surface area contributed by atoms with Crippen molar-refractivity contribution in [2.75, 3.05) is 49.5 Å². The number of nitrogens with zero attached hydrogens (tertiary/aromatic N) is 4. The number of hydrogen-bond acceptors (Lipinski definition) is 7. The molecule has 2 aromatic heterocycles. The molecule has 0 aliphatic carbocycles.